The maximum Gasteiger partial charge on any atom is 0.339 e. The van der Waals surface area contributed by atoms with Crippen LogP contribution in [0.25, 0.3) is 0 Å². The highest BCUT2D eigenvalue weighted by Crippen LogP contribution is 2.23. The number of hydrogen-bond donors (Lipinski definition) is 2. The summed E-state index contributed by atoms with van der Waals surface area (Å²) in [6, 6.07) is 8.30. The summed E-state index contributed by atoms with van der Waals surface area (Å²) in [6.07, 6.45) is 0. The summed E-state index contributed by atoms with van der Waals surface area (Å²) in [6.45, 7) is -0.128. The molecule has 0 aliphatic heterocycles. The molecule has 0 spiro atoms. The Kier molecular flexibility index (Phi) is 4.10. The summed E-state index contributed by atoms with van der Waals surface area (Å²) in [5, 5.41) is 9.43. The van der Waals surface area contributed by atoms with Gasteiger partial charge in [-0.3, -0.25) is 0 Å². The van der Waals surface area contributed by atoms with Crippen LogP contribution in [0.4, 0.5) is 10.1 Å². The third kappa shape index (κ3) is 3.19. The zero-order chi connectivity index (χ0) is 14.7. The number of nitrogen functional groups attached to an aromatic ring is 1. The molecule has 2 aromatic carbocycles. The number of halogens is 2. The van der Waals surface area contributed by atoms with Gasteiger partial charge in [0.25, 0.3) is 0 Å². The van der Waals surface area contributed by atoms with Crippen LogP contribution in [-0.2, 0) is 6.61 Å². The number of carboxylic acid groups (broad SMARTS) is 1. The van der Waals surface area contributed by atoms with Crippen molar-refractivity contribution in [2.24, 2.45) is 0 Å². The first-order valence-corrected chi connectivity index (χ1v) is 6.04. The highest BCUT2D eigenvalue weighted by atomic mass is 35.5. The van der Waals surface area contributed by atoms with Crippen molar-refractivity contribution in [2.75, 3.05) is 5.73 Å². The van der Waals surface area contributed by atoms with Crippen molar-refractivity contribution in [3.05, 3.63) is 58.4 Å². The highest BCUT2D eigenvalue weighted by Gasteiger charge is 2.13. The average molecular weight is 296 g/mol. The summed E-state index contributed by atoms with van der Waals surface area (Å²) in [7, 11) is 0. The Morgan fingerprint density at radius 2 is 2.05 bits per heavy atom. The van der Waals surface area contributed by atoms with Gasteiger partial charge in [0.05, 0.1) is 0 Å². The standard InChI is InChI=1S/C14H11ClFNO3/c15-9-1-3-12(16)8(5-9)7-20-13-4-2-10(17)6-11(13)14(18)19/h1-6H,7,17H2,(H,18,19). The van der Waals surface area contributed by atoms with Gasteiger partial charge in [0.2, 0.25) is 0 Å². The molecule has 0 fully saturated rings. The first kappa shape index (κ1) is 14.1. The summed E-state index contributed by atoms with van der Waals surface area (Å²) < 4.78 is 18.9. The van der Waals surface area contributed by atoms with Crippen molar-refractivity contribution in [2.45, 2.75) is 6.61 Å². The maximum atomic E-state index is 13.5. The van der Waals surface area contributed by atoms with Gasteiger partial charge in [0.1, 0.15) is 23.7 Å². The van der Waals surface area contributed by atoms with E-state index in [0.717, 1.165) is 0 Å². The summed E-state index contributed by atoms with van der Waals surface area (Å²) in [5.74, 6) is -1.52. The summed E-state index contributed by atoms with van der Waals surface area (Å²) >= 11 is 5.77. The van der Waals surface area contributed by atoms with Gasteiger partial charge in [-0.2, -0.15) is 0 Å². The van der Waals surface area contributed by atoms with E-state index in [4.69, 9.17) is 27.2 Å². The van der Waals surface area contributed by atoms with Crippen molar-refractivity contribution >= 4 is 23.3 Å². The number of carboxylic acids is 1. The Morgan fingerprint density at radius 3 is 2.75 bits per heavy atom. The van der Waals surface area contributed by atoms with Gasteiger partial charge in [0, 0.05) is 16.3 Å². The number of aromatic carboxylic acids is 1. The zero-order valence-corrected chi connectivity index (χ0v) is 11.0. The van der Waals surface area contributed by atoms with Crippen LogP contribution in [0.5, 0.6) is 5.75 Å². The molecule has 3 N–H and O–H groups in total. The molecule has 0 aromatic heterocycles. The second-order valence-electron chi connectivity index (χ2n) is 4.09. The maximum absolute atomic E-state index is 13.5. The van der Waals surface area contributed by atoms with Crippen LogP contribution in [0, 0.1) is 5.82 Å². The van der Waals surface area contributed by atoms with Crippen molar-refractivity contribution in [3.63, 3.8) is 0 Å². The molecule has 2 rings (SSSR count). The second kappa shape index (κ2) is 5.79. The van der Waals surface area contributed by atoms with E-state index in [-0.39, 0.29) is 23.5 Å². The molecule has 0 amide bonds. The fourth-order valence-corrected chi connectivity index (χ4v) is 1.84. The smallest absolute Gasteiger partial charge is 0.339 e. The van der Waals surface area contributed by atoms with E-state index in [2.05, 4.69) is 0 Å². The average Bonchev–Trinajstić information content (AvgIpc) is 2.40. The number of anilines is 1. The molecule has 0 aliphatic carbocycles. The Morgan fingerprint density at radius 1 is 1.30 bits per heavy atom. The molecule has 0 heterocycles. The minimum absolute atomic E-state index is 0.0764. The number of hydrogen-bond acceptors (Lipinski definition) is 3. The molecule has 0 atom stereocenters. The van der Waals surface area contributed by atoms with Crippen molar-refractivity contribution in [1.82, 2.24) is 0 Å². The van der Waals surface area contributed by atoms with Crippen LogP contribution in [0.3, 0.4) is 0 Å². The lowest BCUT2D eigenvalue weighted by Crippen LogP contribution is -2.05. The lowest BCUT2D eigenvalue weighted by atomic mass is 10.1. The molecule has 4 nitrogen and oxygen atoms in total. The van der Waals surface area contributed by atoms with E-state index in [1.54, 1.807) is 0 Å². The molecule has 104 valence electrons. The normalized spacial score (nSPS) is 10.3. The van der Waals surface area contributed by atoms with Crippen molar-refractivity contribution < 1.29 is 19.0 Å². The van der Waals surface area contributed by atoms with Crippen molar-refractivity contribution in [1.29, 1.82) is 0 Å². The molecule has 0 saturated carbocycles. The Bertz CT molecular complexity index is 661. The molecule has 0 bridgehead atoms. The van der Waals surface area contributed by atoms with Crippen LogP contribution >= 0.6 is 11.6 Å². The minimum atomic E-state index is -1.17. The fourth-order valence-electron chi connectivity index (χ4n) is 1.65. The number of carbonyl (C=O) groups is 1. The topological polar surface area (TPSA) is 72.5 Å². The number of rotatable bonds is 4. The predicted octanol–water partition coefficient (Wildman–Crippen LogP) is 3.34. The molecule has 6 heteroatoms. The molecule has 2 aromatic rings. The lowest BCUT2D eigenvalue weighted by molar-refractivity contribution is 0.0692. The Labute approximate surface area is 119 Å². The van der Waals surface area contributed by atoms with Crippen molar-refractivity contribution in [3.8, 4) is 5.75 Å². The van der Waals surface area contributed by atoms with Gasteiger partial charge in [-0.15, -0.1) is 0 Å². The highest BCUT2D eigenvalue weighted by molar-refractivity contribution is 6.30. The van der Waals surface area contributed by atoms with Gasteiger partial charge in [-0.25, -0.2) is 9.18 Å². The van der Waals surface area contributed by atoms with E-state index in [1.807, 2.05) is 0 Å². The molecule has 0 saturated heterocycles. The second-order valence-corrected chi connectivity index (χ2v) is 4.52. The molecule has 0 radical (unpaired) electrons. The van der Waals surface area contributed by atoms with E-state index in [9.17, 15) is 9.18 Å². The fraction of sp³-hybridized carbons (Fsp3) is 0.0714. The Balaban J connectivity index is 2.23. The molecule has 0 aliphatic rings. The summed E-state index contributed by atoms with van der Waals surface area (Å²) in [4.78, 5) is 11.1. The largest absolute Gasteiger partial charge is 0.488 e. The van der Waals surface area contributed by atoms with E-state index in [1.165, 1.54) is 36.4 Å². The zero-order valence-electron chi connectivity index (χ0n) is 10.3. The lowest BCUT2D eigenvalue weighted by Gasteiger charge is -2.10. The van der Waals surface area contributed by atoms with Gasteiger partial charge >= 0.3 is 5.97 Å². The monoisotopic (exact) mass is 295 g/mol. The van der Waals surface area contributed by atoms with Gasteiger partial charge in [-0.1, -0.05) is 11.6 Å². The molecule has 20 heavy (non-hydrogen) atoms. The third-order valence-corrected chi connectivity index (χ3v) is 2.86. The number of nitrogens with two attached hydrogens (primary N) is 1. The summed E-state index contributed by atoms with van der Waals surface area (Å²) in [5.41, 5.74) is 5.99. The van der Waals surface area contributed by atoms with Crippen LogP contribution in [0.2, 0.25) is 5.02 Å². The van der Waals surface area contributed by atoms with Crippen LogP contribution < -0.4 is 10.5 Å². The SMILES string of the molecule is Nc1ccc(OCc2cc(Cl)ccc2F)c(C(=O)O)c1. The van der Waals surface area contributed by atoms with E-state index < -0.39 is 11.8 Å². The first-order valence-electron chi connectivity index (χ1n) is 5.67. The van der Waals surface area contributed by atoms with E-state index >= 15 is 0 Å². The number of ether oxygens (including phenoxy) is 1. The number of benzene rings is 2. The van der Waals surface area contributed by atoms with Crippen LogP contribution in [0.15, 0.2) is 36.4 Å². The van der Waals surface area contributed by atoms with Crippen LogP contribution in [0.1, 0.15) is 15.9 Å². The van der Waals surface area contributed by atoms with Crippen LogP contribution in [-0.4, -0.2) is 11.1 Å². The first-order chi connectivity index (χ1) is 9.47. The van der Waals surface area contributed by atoms with Gasteiger partial charge < -0.3 is 15.6 Å². The molecule has 0 unspecified atom stereocenters. The minimum Gasteiger partial charge on any atom is -0.488 e. The Hall–Kier alpha value is -2.27. The molecular formula is C14H11ClFNO3. The van der Waals surface area contributed by atoms with E-state index in [0.29, 0.717) is 10.7 Å². The third-order valence-electron chi connectivity index (χ3n) is 2.62. The van der Waals surface area contributed by atoms with Gasteiger partial charge in [-0.05, 0) is 36.4 Å². The molecular weight excluding hydrogens is 285 g/mol. The van der Waals surface area contributed by atoms with Gasteiger partial charge in [0.15, 0.2) is 0 Å². The quantitative estimate of drug-likeness (QED) is 0.849. The predicted molar refractivity (Wildman–Crippen MR) is 73.6 cm³/mol.